The molecule has 27 heavy (non-hydrogen) atoms. The predicted molar refractivity (Wildman–Crippen MR) is 103 cm³/mol. The maximum absolute atomic E-state index is 13.2. The number of hydrogen-bond donors (Lipinski definition) is 0. The minimum atomic E-state index is -0.259. The average molecular weight is 385 g/mol. The molecule has 1 aromatic heterocycles. The summed E-state index contributed by atoms with van der Waals surface area (Å²) < 4.78 is 15.3. The maximum Gasteiger partial charge on any atom is 0.140 e. The van der Waals surface area contributed by atoms with E-state index in [0.29, 0.717) is 23.8 Å². The largest absolute Gasteiger partial charge is 0.330 e. The van der Waals surface area contributed by atoms with Crippen molar-refractivity contribution >= 4 is 17.3 Å². The Morgan fingerprint density at radius 1 is 1.22 bits per heavy atom. The van der Waals surface area contributed by atoms with Gasteiger partial charge >= 0.3 is 0 Å². The van der Waals surface area contributed by atoms with Crippen LogP contribution >= 0.6 is 11.6 Å². The zero-order valence-corrected chi connectivity index (χ0v) is 15.6. The van der Waals surface area contributed by atoms with Crippen LogP contribution in [0.25, 0.3) is 11.4 Å². The number of benzene rings is 2. The summed E-state index contributed by atoms with van der Waals surface area (Å²) in [6.07, 6.45) is 0.814. The van der Waals surface area contributed by atoms with E-state index in [1.165, 1.54) is 12.1 Å². The normalized spacial score (nSPS) is 14.2. The molecule has 7 heteroatoms. The third kappa shape index (κ3) is 3.50. The Bertz CT molecular complexity index is 1000. The third-order valence-electron chi connectivity index (χ3n) is 4.97. The number of fused-ring (bicyclic) bond motifs is 1. The summed E-state index contributed by atoms with van der Waals surface area (Å²) in [5.41, 5.74) is 4.32. The van der Waals surface area contributed by atoms with Gasteiger partial charge in [0.25, 0.3) is 0 Å². The molecule has 0 aliphatic carbocycles. The molecule has 0 saturated heterocycles. The van der Waals surface area contributed by atoms with E-state index in [-0.39, 0.29) is 5.82 Å². The molecule has 0 saturated carbocycles. The molecular weight excluding hydrogens is 367 g/mol. The highest BCUT2D eigenvalue weighted by Crippen LogP contribution is 2.29. The molecule has 138 valence electrons. The standard InChI is InChI=1S/C20H18ClFN4O/c1-25-19-12-26(11-14-10-15(21)4-7-17(14)24-27)9-8-18(19)23-20(25)13-2-5-16(22)6-3-13/h2-7,10H,8-9,11-12H2,1H3. The van der Waals surface area contributed by atoms with Crippen LogP contribution in [0.2, 0.25) is 5.02 Å². The number of rotatable bonds is 4. The van der Waals surface area contributed by atoms with Crippen LogP contribution in [0.1, 0.15) is 17.0 Å². The minimum absolute atomic E-state index is 0.259. The van der Waals surface area contributed by atoms with Gasteiger partial charge in [-0.05, 0) is 53.2 Å². The first-order chi connectivity index (χ1) is 13.0. The lowest BCUT2D eigenvalue weighted by Crippen LogP contribution is -2.31. The Labute approximate surface area is 161 Å². The van der Waals surface area contributed by atoms with Crippen molar-refractivity contribution < 1.29 is 4.39 Å². The molecular formula is C20H18ClFN4O. The summed E-state index contributed by atoms with van der Waals surface area (Å²) >= 11 is 6.08. The fourth-order valence-corrected chi connectivity index (χ4v) is 3.74. The van der Waals surface area contributed by atoms with Crippen LogP contribution in [0, 0.1) is 10.7 Å². The van der Waals surface area contributed by atoms with Crippen LogP contribution in [-0.4, -0.2) is 21.0 Å². The van der Waals surface area contributed by atoms with Crippen LogP contribution in [0.5, 0.6) is 0 Å². The van der Waals surface area contributed by atoms with Crippen LogP contribution < -0.4 is 0 Å². The monoisotopic (exact) mass is 384 g/mol. The molecule has 3 aromatic rings. The van der Waals surface area contributed by atoms with Crippen molar-refractivity contribution in [1.82, 2.24) is 14.5 Å². The van der Waals surface area contributed by atoms with E-state index in [4.69, 9.17) is 16.6 Å². The fourth-order valence-electron chi connectivity index (χ4n) is 3.54. The van der Waals surface area contributed by atoms with Gasteiger partial charge in [0.05, 0.1) is 11.4 Å². The van der Waals surface area contributed by atoms with Crippen LogP contribution in [-0.2, 0) is 26.6 Å². The van der Waals surface area contributed by atoms with E-state index in [0.717, 1.165) is 41.3 Å². The number of nitroso groups, excluding NO2 is 1. The zero-order chi connectivity index (χ0) is 19.0. The molecule has 0 radical (unpaired) electrons. The highest BCUT2D eigenvalue weighted by atomic mass is 35.5. The van der Waals surface area contributed by atoms with Crippen molar-refractivity contribution in [3.8, 4) is 11.4 Å². The number of nitrogens with zero attached hydrogens (tertiary/aromatic N) is 4. The number of hydrogen-bond acceptors (Lipinski definition) is 4. The second-order valence-electron chi connectivity index (χ2n) is 6.72. The molecule has 0 N–H and O–H groups in total. The van der Waals surface area contributed by atoms with Crippen molar-refractivity contribution in [3.63, 3.8) is 0 Å². The first-order valence-electron chi connectivity index (χ1n) is 8.69. The van der Waals surface area contributed by atoms with Gasteiger partial charge in [-0.2, -0.15) is 0 Å². The Hall–Kier alpha value is -2.57. The van der Waals surface area contributed by atoms with E-state index in [1.807, 2.05) is 7.05 Å². The lowest BCUT2D eigenvalue weighted by molar-refractivity contribution is 0.238. The Kier molecular flexibility index (Phi) is 4.76. The summed E-state index contributed by atoms with van der Waals surface area (Å²) in [4.78, 5) is 18.1. The second kappa shape index (κ2) is 7.21. The number of aromatic nitrogens is 2. The topological polar surface area (TPSA) is 50.5 Å². The van der Waals surface area contributed by atoms with Crippen molar-refractivity contribution in [3.05, 3.63) is 75.2 Å². The fraction of sp³-hybridized carbons (Fsp3) is 0.250. The van der Waals surface area contributed by atoms with E-state index in [9.17, 15) is 9.30 Å². The summed E-state index contributed by atoms with van der Waals surface area (Å²) in [5.74, 6) is 0.574. The smallest absolute Gasteiger partial charge is 0.140 e. The molecule has 1 aliphatic rings. The van der Waals surface area contributed by atoms with Crippen LogP contribution in [0.15, 0.2) is 47.6 Å². The zero-order valence-electron chi connectivity index (χ0n) is 14.8. The van der Waals surface area contributed by atoms with Crippen molar-refractivity contribution in [2.75, 3.05) is 6.54 Å². The molecule has 2 aromatic carbocycles. The Morgan fingerprint density at radius 2 is 2.00 bits per heavy atom. The molecule has 0 bridgehead atoms. The van der Waals surface area contributed by atoms with Gasteiger partial charge in [0.15, 0.2) is 0 Å². The van der Waals surface area contributed by atoms with Crippen molar-refractivity contribution in [2.24, 2.45) is 12.2 Å². The number of imidazole rings is 1. The first-order valence-corrected chi connectivity index (χ1v) is 9.07. The lowest BCUT2D eigenvalue weighted by Gasteiger charge is -2.27. The van der Waals surface area contributed by atoms with Gasteiger partial charge in [-0.1, -0.05) is 11.6 Å². The lowest BCUT2D eigenvalue weighted by atomic mass is 10.1. The second-order valence-corrected chi connectivity index (χ2v) is 7.16. The molecule has 5 nitrogen and oxygen atoms in total. The molecule has 0 fully saturated rings. The molecule has 0 amide bonds. The van der Waals surface area contributed by atoms with E-state index >= 15 is 0 Å². The number of halogens is 2. The molecule has 1 aliphatic heterocycles. The SMILES string of the molecule is Cn1c(-c2ccc(F)cc2)nc2c1CN(Cc1cc(Cl)ccc1N=O)CC2. The van der Waals surface area contributed by atoms with Gasteiger partial charge in [0.1, 0.15) is 17.3 Å². The third-order valence-corrected chi connectivity index (χ3v) is 5.21. The van der Waals surface area contributed by atoms with Crippen LogP contribution in [0.3, 0.4) is 0 Å². The Morgan fingerprint density at radius 3 is 2.74 bits per heavy atom. The van der Waals surface area contributed by atoms with E-state index in [1.54, 1.807) is 30.3 Å². The van der Waals surface area contributed by atoms with Gasteiger partial charge < -0.3 is 4.57 Å². The summed E-state index contributed by atoms with van der Waals surface area (Å²) in [7, 11) is 1.98. The Balaban J connectivity index is 1.59. The summed E-state index contributed by atoms with van der Waals surface area (Å²) in [6, 6.07) is 11.5. The molecule has 0 unspecified atom stereocenters. The minimum Gasteiger partial charge on any atom is -0.330 e. The molecule has 4 rings (SSSR count). The van der Waals surface area contributed by atoms with Crippen molar-refractivity contribution in [2.45, 2.75) is 19.5 Å². The highest BCUT2D eigenvalue weighted by molar-refractivity contribution is 6.30. The molecule has 0 atom stereocenters. The summed E-state index contributed by atoms with van der Waals surface area (Å²) in [5, 5.41) is 3.70. The maximum atomic E-state index is 13.2. The van der Waals surface area contributed by atoms with E-state index in [2.05, 4.69) is 14.6 Å². The highest BCUT2D eigenvalue weighted by Gasteiger charge is 2.24. The van der Waals surface area contributed by atoms with Gasteiger partial charge in [-0.3, -0.25) is 4.90 Å². The van der Waals surface area contributed by atoms with Gasteiger partial charge in [0.2, 0.25) is 0 Å². The quantitative estimate of drug-likeness (QED) is 0.605. The van der Waals surface area contributed by atoms with Crippen LogP contribution in [0.4, 0.5) is 10.1 Å². The average Bonchev–Trinajstić information content (AvgIpc) is 2.99. The van der Waals surface area contributed by atoms with Gasteiger partial charge in [-0.25, -0.2) is 9.37 Å². The van der Waals surface area contributed by atoms with E-state index < -0.39 is 0 Å². The molecule has 2 heterocycles. The summed E-state index contributed by atoms with van der Waals surface area (Å²) in [6.45, 7) is 2.14. The van der Waals surface area contributed by atoms with Gasteiger partial charge in [-0.15, -0.1) is 4.91 Å². The predicted octanol–water partition coefficient (Wildman–Crippen LogP) is 4.84. The molecule has 0 spiro atoms. The first kappa shape index (κ1) is 17.8. The van der Waals surface area contributed by atoms with Gasteiger partial charge in [0, 0.05) is 43.7 Å². The van der Waals surface area contributed by atoms with Crippen molar-refractivity contribution in [1.29, 1.82) is 0 Å².